The molecule has 124 valence electrons. The Bertz CT molecular complexity index is 817. The van der Waals surface area contributed by atoms with Crippen LogP contribution in [0.3, 0.4) is 0 Å². The second-order valence-corrected chi connectivity index (χ2v) is 6.58. The Hall–Kier alpha value is -2.18. The van der Waals surface area contributed by atoms with E-state index in [4.69, 9.17) is 16.1 Å². The third-order valence-electron chi connectivity index (χ3n) is 3.54. The number of aryl methyl sites for hydroxylation is 1. The first kappa shape index (κ1) is 16.7. The number of benzene rings is 1. The van der Waals surface area contributed by atoms with Gasteiger partial charge in [0.25, 0.3) is 0 Å². The van der Waals surface area contributed by atoms with Crippen LogP contribution in [0.2, 0.25) is 5.02 Å². The molecule has 5 nitrogen and oxygen atoms in total. The van der Waals surface area contributed by atoms with Gasteiger partial charge in [-0.3, -0.25) is 4.79 Å². The van der Waals surface area contributed by atoms with Crippen molar-refractivity contribution in [3.8, 4) is 11.4 Å². The van der Waals surface area contributed by atoms with Crippen LogP contribution in [0.15, 0.2) is 45.6 Å². The van der Waals surface area contributed by atoms with Gasteiger partial charge in [0, 0.05) is 28.8 Å². The molecule has 2 heterocycles. The Morgan fingerprint density at radius 2 is 2.29 bits per heavy atom. The van der Waals surface area contributed by atoms with Crippen LogP contribution in [0, 0.1) is 0 Å². The van der Waals surface area contributed by atoms with Crippen molar-refractivity contribution in [3.05, 3.63) is 57.6 Å². The molecule has 0 aliphatic carbocycles. The van der Waals surface area contributed by atoms with Crippen molar-refractivity contribution in [3.63, 3.8) is 0 Å². The van der Waals surface area contributed by atoms with Gasteiger partial charge in [-0.1, -0.05) is 28.9 Å². The summed E-state index contributed by atoms with van der Waals surface area (Å²) in [7, 11) is 0. The van der Waals surface area contributed by atoms with Gasteiger partial charge in [0.2, 0.25) is 17.6 Å². The topological polar surface area (TPSA) is 68.0 Å². The Morgan fingerprint density at radius 1 is 1.42 bits per heavy atom. The molecule has 0 radical (unpaired) electrons. The van der Waals surface area contributed by atoms with E-state index in [2.05, 4.69) is 15.5 Å². The lowest BCUT2D eigenvalue weighted by molar-refractivity contribution is -0.121. The third-order valence-corrected chi connectivity index (χ3v) is 4.46. The van der Waals surface area contributed by atoms with Crippen LogP contribution in [-0.4, -0.2) is 16.0 Å². The molecule has 1 aromatic carbocycles. The summed E-state index contributed by atoms with van der Waals surface area (Å²) in [4.78, 5) is 16.4. The van der Waals surface area contributed by atoms with Gasteiger partial charge in [-0.25, -0.2) is 0 Å². The molecule has 1 atom stereocenters. The number of amides is 1. The molecule has 1 N–H and O–H groups in total. The number of nitrogens with zero attached hydrogens (tertiary/aromatic N) is 2. The summed E-state index contributed by atoms with van der Waals surface area (Å²) >= 11 is 7.54. The number of halogens is 1. The Morgan fingerprint density at radius 3 is 3.04 bits per heavy atom. The molecule has 1 unspecified atom stereocenters. The monoisotopic (exact) mass is 361 g/mol. The van der Waals surface area contributed by atoms with Crippen molar-refractivity contribution >= 4 is 28.8 Å². The average molecular weight is 362 g/mol. The highest BCUT2D eigenvalue weighted by molar-refractivity contribution is 7.08. The Kier molecular flexibility index (Phi) is 5.27. The lowest BCUT2D eigenvalue weighted by Crippen LogP contribution is -2.26. The van der Waals surface area contributed by atoms with E-state index in [9.17, 15) is 4.79 Å². The van der Waals surface area contributed by atoms with Gasteiger partial charge >= 0.3 is 0 Å². The van der Waals surface area contributed by atoms with Crippen molar-refractivity contribution in [2.75, 3.05) is 0 Å². The molecule has 2 aromatic heterocycles. The van der Waals surface area contributed by atoms with Crippen LogP contribution < -0.4 is 5.32 Å². The van der Waals surface area contributed by atoms with Crippen LogP contribution >= 0.6 is 22.9 Å². The Balaban J connectivity index is 1.52. The van der Waals surface area contributed by atoms with Crippen molar-refractivity contribution in [2.45, 2.75) is 25.8 Å². The lowest BCUT2D eigenvalue weighted by atomic mass is 10.1. The van der Waals surface area contributed by atoms with E-state index < -0.39 is 0 Å². The van der Waals surface area contributed by atoms with Gasteiger partial charge in [-0.2, -0.15) is 16.3 Å². The van der Waals surface area contributed by atoms with E-state index in [0.29, 0.717) is 23.2 Å². The number of hydrogen-bond donors (Lipinski definition) is 1. The van der Waals surface area contributed by atoms with E-state index in [1.54, 1.807) is 17.4 Å². The predicted molar refractivity (Wildman–Crippen MR) is 93.9 cm³/mol. The minimum Gasteiger partial charge on any atom is -0.350 e. The van der Waals surface area contributed by atoms with E-state index in [1.165, 1.54) is 0 Å². The fourth-order valence-corrected chi connectivity index (χ4v) is 3.09. The molecule has 0 aliphatic heterocycles. The van der Waals surface area contributed by atoms with Crippen molar-refractivity contribution in [1.82, 2.24) is 15.5 Å². The summed E-state index contributed by atoms with van der Waals surface area (Å²) in [5.41, 5.74) is 1.89. The second kappa shape index (κ2) is 7.59. The molecule has 0 aliphatic rings. The molecular formula is C17H16ClN3O2S. The summed E-state index contributed by atoms with van der Waals surface area (Å²) < 4.78 is 5.19. The zero-order valence-corrected chi connectivity index (χ0v) is 14.6. The molecule has 0 spiro atoms. The lowest BCUT2D eigenvalue weighted by Gasteiger charge is -2.14. The minimum absolute atomic E-state index is 0.0715. The molecule has 0 saturated carbocycles. The maximum absolute atomic E-state index is 12.1. The van der Waals surface area contributed by atoms with Crippen molar-refractivity contribution in [1.29, 1.82) is 0 Å². The first-order chi connectivity index (χ1) is 11.6. The van der Waals surface area contributed by atoms with E-state index in [0.717, 1.165) is 11.1 Å². The molecular weight excluding hydrogens is 346 g/mol. The number of thiophene rings is 1. The maximum Gasteiger partial charge on any atom is 0.227 e. The van der Waals surface area contributed by atoms with E-state index in [1.807, 2.05) is 41.9 Å². The number of hydrogen-bond acceptors (Lipinski definition) is 5. The molecule has 0 saturated heterocycles. The predicted octanol–water partition coefficient (Wildman–Crippen LogP) is 4.26. The first-order valence-corrected chi connectivity index (χ1v) is 8.84. The highest BCUT2D eigenvalue weighted by Gasteiger charge is 2.13. The largest absolute Gasteiger partial charge is 0.350 e. The first-order valence-electron chi connectivity index (χ1n) is 7.52. The molecule has 3 rings (SSSR count). The van der Waals surface area contributed by atoms with Crippen LogP contribution in [-0.2, 0) is 11.2 Å². The number of aromatic nitrogens is 2. The number of nitrogens with one attached hydrogen (secondary N) is 1. The zero-order chi connectivity index (χ0) is 16.9. The van der Waals surface area contributed by atoms with Gasteiger partial charge < -0.3 is 9.84 Å². The number of carbonyl (C=O) groups is 1. The second-order valence-electron chi connectivity index (χ2n) is 5.37. The molecule has 0 bridgehead atoms. The standard InChI is InChI=1S/C17H16ClN3O2S/c1-11(12-3-2-4-14(18)9-12)19-15(22)5-6-16-20-17(21-23-16)13-7-8-24-10-13/h2-4,7-11H,5-6H2,1H3,(H,19,22). The van der Waals surface area contributed by atoms with Gasteiger partial charge in [0.05, 0.1) is 6.04 Å². The summed E-state index contributed by atoms with van der Waals surface area (Å²) in [6, 6.07) is 9.27. The summed E-state index contributed by atoms with van der Waals surface area (Å²) in [6.45, 7) is 1.92. The molecule has 24 heavy (non-hydrogen) atoms. The summed E-state index contributed by atoms with van der Waals surface area (Å²) in [5.74, 6) is 0.943. The van der Waals surface area contributed by atoms with E-state index >= 15 is 0 Å². The highest BCUT2D eigenvalue weighted by Crippen LogP contribution is 2.19. The molecule has 7 heteroatoms. The fourth-order valence-electron chi connectivity index (χ4n) is 2.26. The van der Waals surface area contributed by atoms with Crippen molar-refractivity contribution in [2.24, 2.45) is 0 Å². The average Bonchev–Trinajstić information content (AvgIpc) is 3.24. The van der Waals surface area contributed by atoms with Crippen molar-refractivity contribution < 1.29 is 9.32 Å². The zero-order valence-electron chi connectivity index (χ0n) is 13.0. The van der Waals surface area contributed by atoms with Crippen LogP contribution in [0.4, 0.5) is 0 Å². The van der Waals surface area contributed by atoms with Gasteiger partial charge in [0.15, 0.2) is 0 Å². The highest BCUT2D eigenvalue weighted by atomic mass is 35.5. The fraction of sp³-hybridized carbons (Fsp3) is 0.235. The summed E-state index contributed by atoms with van der Waals surface area (Å²) in [6.07, 6.45) is 0.696. The minimum atomic E-state index is -0.111. The Labute approximate surface area is 148 Å². The van der Waals surface area contributed by atoms with Gasteiger partial charge in [-0.15, -0.1) is 0 Å². The normalized spacial score (nSPS) is 12.1. The van der Waals surface area contributed by atoms with Crippen LogP contribution in [0.5, 0.6) is 0 Å². The number of carbonyl (C=O) groups excluding carboxylic acids is 1. The van der Waals surface area contributed by atoms with Gasteiger partial charge in [-0.05, 0) is 36.1 Å². The number of rotatable bonds is 6. The molecule has 3 aromatic rings. The van der Waals surface area contributed by atoms with Gasteiger partial charge in [0.1, 0.15) is 0 Å². The quantitative estimate of drug-likeness (QED) is 0.712. The van der Waals surface area contributed by atoms with Crippen LogP contribution in [0.25, 0.3) is 11.4 Å². The van der Waals surface area contributed by atoms with Crippen LogP contribution in [0.1, 0.15) is 30.8 Å². The van der Waals surface area contributed by atoms with E-state index in [-0.39, 0.29) is 18.4 Å². The SMILES string of the molecule is CC(NC(=O)CCc1nc(-c2ccsc2)no1)c1cccc(Cl)c1. The molecule has 0 fully saturated rings. The third kappa shape index (κ3) is 4.21. The molecule has 1 amide bonds. The summed E-state index contributed by atoms with van der Waals surface area (Å²) in [5, 5.41) is 11.4. The smallest absolute Gasteiger partial charge is 0.227 e. The maximum atomic E-state index is 12.1.